The normalized spacial score (nSPS) is 18.3. The molecule has 40 heavy (non-hydrogen) atoms. The van der Waals surface area contributed by atoms with Crippen molar-refractivity contribution in [3.8, 4) is 0 Å². The lowest BCUT2D eigenvalue weighted by Gasteiger charge is -2.29. The molecule has 10 nitrogen and oxygen atoms in total. The van der Waals surface area contributed by atoms with Crippen molar-refractivity contribution in [3.63, 3.8) is 0 Å². The fourth-order valence-corrected chi connectivity index (χ4v) is 5.38. The number of aryl methyl sites for hydroxylation is 2. The fourth-order valence-electron chi connectivity index (χ4n) is 5.38. The molecule has 10 heteroatoms. The minimum Gasteiger partial charge on any atom is -0.348 e. The number of carbonyl (C=O) groups excluding carboxylic acids is 2. The summed E-state index contributed by atoms with van der Waals surface area (Å²) in [4.78, 5) is 50.2. The van der Waals surface area contributed by atoms with Crippen molar-refractivity contribution in [2.75, 3.05) is 33.2 Å². The van der Waals surface area contributed by atoms with E-state index in [0.29, 0.717) is 30.0 Å². The zero-order valence-electron chi connectivity index (χ0n) is 24.5. The number of aromatic nitrogens is 3. The third kappa shape index (κ3) is 6.33. The molecule has 0 aliphatic carbocycles. The van der Waals surface area contributed by atoms with E-state index in [2.05, 4.69) is 40.0 Å². The Hall–Kier alpha value is -3.79. The Kier molecular flexibility index (Phi) is 8.88. The maximum absolute atomic E-state index is 13.1. The smallest absolute Gasteiger partial charge is 0.253 e. The summed E-state index contributed by atoms with van der Waals surface area (Å²) in [6.07, 6.45) is 5.34. The van der Waals surface area contributed by atoms with Gasteiger partial charge in [-0.15, -0.1) is 0 Å². The molecule has 2 N–H and O–H groups in total. The van der Waals surface area contributed by atoms with Crippen molar-refractivity contribution in [2.24, 2.45) is 10.9 Å². The molecule has 2 aliphatic rings. The van der Waals surface area contributed by atoms with Crippen LogP contribution in [0.3, 0.4) is 0 Å². The molecule has 0 radical (unpaired) electrons. The first-order valence-electron chi connectivity index (χ1n) is 13.9. The molecule has 2 aromatic rings. The van der Waals surface area contributed by atoms with Gasteiger partial charge in [0.1, 0.15) is 0 Å². The van der Waals surface area contributed by atoms with Crippen LogP contribution in [0.1, 0.15) is 62.0 Å². The number of hydrogen-bond acceptors (Lipinski definition) is 6. The van der Waals surface area contributed by atoms with E-state index >= 15 is 0 Å². The van der Waals surface area contributed by atoms with Crippen LogP contribution in [0, 0.1) is 19.8 Å². The number of nitrogens with zero attached hydrogens (tertiary/aromatic N) is 5. The van der Waals surface area contributed by atoms with Crippen molar-refractivity contribution >= 4 is 28.9 Å². The van der Waals surface area contributed by atoms with Crippen molar-refractivity contribution < 1.29 is 9.59 Å². The monoisotopic (exact) mass is 547 g/mol. The Bertz CT molecular complexity index is 1430. The molecule has 0 bridgehead atoms. The number of pyridine rings is 1. The summed E-state index contributed by atoms with van der Waals surface area (Å²) in [5.74, 6) is 0.494. The van der Waals surface area contributed by atoms with Crippen LogP contribution >= 0.6 is 0 Å². The van der Waals surface area contributed by atoms with Crippen LogP contribution in [-0.2, 0) is 16.1 Å². The average molecular weight is 548 g/mol. The van der Waals surface area contributed by atoms with Crippen LogP contribution < -0.4 is 10.9 Å². The van der Waals surface area contributed by atoms with E-state index in [1.807, 2.05) is 45.6 Å². The van der Waals surface area contributed by atoms with Crippen molar-refractivity contribution in [2.45, 2.75) is 60.0 Å². The van der Waals surface area contributed by atoms with Crippen LogP contribution in [-0.4, -0.2) is 75.3 Å². The molecule has 1 atom stereocenters. The maximum atomic E-state index is 13.1. The standard InChI is InChI=1S/C30H41N7O3/c1-18(2)37-27(34-22(6)23-9-12-36(13-10-23)30(40)24-8-11-35(7)17-24)26(16-32-37)21(5)28(38)31-15-25-19(3)14-20(4)33-29(25)39/h9,14,16,18,24H,5,8,10-13,15,17H2,1-4,6-7H3,(H,31,38)(H,33,39). The van der Waals surface area contributed by atoms with E-state index < -0.39 is 0 Å². The van der Waals surface area contributed by atoms with E-state index in [1.54, 1.807) is 10.9 Å². The molecule has 1 saturated heterocycles. The highest BCUT2D eigenvalue weighted by Gasteiger charge is 2.30. The number of likely N-dealkylation sites (tertiary alicyclic amines) is 1. The number of rotatable bonds is 8. The van der Waals surface area contributed by atoms with Crippen molar-refractivity contribution in [1.82, 2.24) is 29.9 Å². The van der Waals surface area contributed by atoms with Crippen LogP contribution in [0.4, 0.5) is 5.82 Å². The number of carbonyl (C=O) groups is 2. The molecule has 1 unspecified atom stereocenters. The molecule has 4 rings (SSSR count). The molecule has 1 fully saturated rings. The predicted molar refractivity (Wildman–Crippen MR) is 158 cm³/mol. The van der Waals surface area contributed by atoms with Crippen molar-refractivity contribution in [1.29, 1.82) is 0 Å². The van der Waals surface area contributed by atoms with Crippen LogP contribution in [0.15, 0.2) is 40.3 Å². The van der Waals surface area contributed by atoms with E-state index in [9.17, 15) is 14.4 Å². The molecule has 0 saturated carbocycles. The molecule has 2 aromatic heterocycles. The van der Waals surface area contributed by atoms with Crippen LogP contribution in [0.25, 0.3) is 5.57 Å². The highest BCUT2D eigenvalue weighted by Crippen LogP contribution is 2.30. The van der Waals surface area contributed by atoms with E-state index in [4.69, 9.17) is 4.99 Å². The SMILES string of the molecule is C=C(C(=O)NCc1c(C)cc(C)[nH]c1=O)c1cnn(C(C)C)c1N=C(C)C1=CCN(C(=O)C2CCN(C)C2)CC1. The van der Waals surface area contributed by atoms with Gasteiger partial charge in [0.2, 0.25) is 5.91 Å². The van der Waals surface area contributed by atoms with Crippen LogP contribution in [0.2, 0.25) is 0 Å². The Morgan fingerprint density at radius 3 is 2.62 bits per heavy atom. The molecule has 2 amide bonds. The Balaban J connectivity index is 1.50. The summed E-state index contributed by atoms with van der Waals surface area (Å²) in [5.41, 5.74) is 4.57. The van der Waals surface area contributed by atoms with Gasteiger partial charge in [-0.2, -0.15) is 5.10 Å². The summed E-state index contributed by atoms with van der Waals surface area (Å²) in [5, 5.41) is 7.32. The first-order valence-corrected chi connectivity index (χ1v) is 13.9. The number of amides is 2. The van der Waals surface area contributed by atoms with Gasteiger partial charge in [0.25, 0.3) is 11.5 Å². The Morgan fingerprint density at radius 2 is 2.02 bits per heavy atom. The lowest BCUT2D eigenvalue weighted by Crippen LogP contribution is -2.40. The van der Waals surface area contributed by atoms with Gasteiger partial charge in [0.05, 0.1) is 17.7 Å². The lowest BCUT2D eigenvalue weighted by molar-refractivity contribution is -0.134. The second-order valence-corrected chi connectivity index (χ2v) is 11.2. The number of aromatic amines is 1. The first-order chi connectivity index (χ1) is 19.0. The summed E-state index contributed by atoms with van der Waals surface area (Å²) in [7, 11) is 2.06. The first kappa shape index (κ1) is 29.2. The highest BCUT2D eigenvalue weighted by atomic mass is 16.2. The van der Waals surface area contributed by atoms with Gasteiger partial charge in [0.15, 0.2) is 5.82 Å². The molecule has 4 heterocycles. The van der Waals surface area contributed by atoms with E-state index in [0.717, 1.165) is 48.5 Å². The van der Waals surface area contributed by atoms with E-state index in [1.165, 1.54) is 0 Å². The quantitative estimate of drug-likeness (QED) is 0.389. The molecule has 2 aliphatic heterocycles. The molecule has 214 valence electrons. The largest absolute Gasteiger partial charge is 0.348 e. The van der Waals surface area contributed by atoms with Gasteiger partial charge >= 0.3 is 0 Å². The topological polar surface area (TPSA) is 116 Å². The number of aliphatic imine (C=N–C) groups is 1. The highest BCUT2D eigenvalue weighted by molar-refractivity contribution is 6.20. The van der Waals surface area contributed by atoms with Gasteiger partial charge in [-0.25, -0.2) is 9.67 Å². The number of H-pyrrole nitrogens is 1. The van der Waals surface area contributed by atoms with Crippen molar-refractivity contribution in [3.05, 3.63) is 63.2 Å². The zero-order valence-corrected chi connectivity index (χ0v) is 24.5. The second kappa shape index (κ2) is 12.2. The third-order valence-electron chi connectivity index (χ3n) is 7.78. The summed E-state index contributed by atoms with van der Waals surface area (Å²) >= 11 is 0. The predicted octanol–water partition coefficient (Wildman–Crippen LogP) is 3.30. The molecule has 0 spiro atoms. The summed E-state index contributed by atoms with van der Waals surface area (Å²) < 4.78 is 1.78. The van der Waals surface area contributed by atoms with Gasteiger partial charge in [-0.1, -0.05) is 12.7 Å². The number of hydrogen-bond donors (Lipinski definition) is 2. The minimum absolute atomic E-state index is 0.0166. The van der Waals surface area contributed by atoms with Gasteiger partial charge in [0, 0.05) is 54.8 Å². The van der Waals surface area contributed by atoms with Gasteiger partial charge in [-0.3, -0.25) is 14.4 Å². The maximum Gasteiger partial charge on any atom is 0.253 e. The van der Waals surface area contributed by atoms with Gasteiger partial charge in [-0.05, 0) is 78.3 Å². The minimum atomic E-state index is -0.389. The Morgan fingerprint density at radius 1 is 1.27 bits per heavy atom. The molecular weight excluding hydrogens is 506 g/mol. The fraction of sp³-hybridized carbons (Fsp3) is 0.500. The Labute approximate surface area is 235 Å². The summed E-state index contributed by atoms with van der Waals surface area (Å²) in [6.45, 7) is 16.8. The molecule has 0 aromatic carbocycles. The third-order valence-corrected chi connectivity index (χ3v) is 7.78. The number of nitrogens with one attached hydrogen (secondary N) is 2. The lowest BCUT2D eigenvalue weighted by atomic mass is 10.0. The zero-order chi connectivity index (χ0) is 29.1. The molecular formula is C30H41N7O3. The van der Waals surface area contributed by atoms with Crippen LogP contribution in [0.5, 0.6) is 0 Å². The van der Waals surface area contributed by atoms with Gasteiger partial charge < -0.3 is 20.1 Å². The summed E-state index contributed by atoms with van der Waals surface area (Å²) in [6, 6.07) is 1.89. The van der Waals surface area contributed by atoms with E-state index in [-0.39, 0.29) is 41.5 Å². The average Bonchev–Trinajstić information content (AvgIpc) is 3.53. The second-order valence-electron chi connectivity index (χ2n) is 11.2.